The van der Waals surface area contributed by atoms with Crippen molar-refractivity contribution >= 4 is 45.1 Å². The Bertz CT molecular complexity index is 889. The summed E-state index contributed by atoms with van der Waals surface area (Å²) >= 11 is 9.24. The minimum Gasteiger partial charge on any atom is -0.493 e. The van der Waals surface area contributed by atoms with Gasteiger partial charge in [-0.3, -0.25) is 4.79 Å². The third-order valence-electron chi connectivity index (χ3n) is 3.75. The van der Waals surface area contributed by atoms with Gasteiger partial charge in [0, 0.05) is 17.2 Å². The number of carbonyl (C=O) groups excluding carboxylic acids is 2. The molecule has 2 aromatic carbocycles. The summed E-state index contributed by atoms with van der Waals surface area (Å²) in [5, 5.41) is 3.19. The molecule has 2 rings (SSSR count). The van der Waals surface area contributed by atoms with E-state index in [9.17, 15) is 9.59 Å². The van der Waals surface area contributed by atoms with Crippen LogP contribution in [0.4, 0.5) is 5.69 Å². The number of hydrogen-bond donors (Lipinski definition) is 1. The summed E-state index contributed by atoms with van der Waals surface area (Å²) in [6.07, 6.45) is -0.865. The fourth-order valence-electron chi connectivity index (χ4n) is 2.31. The van der Waals surface area contributed by atoms with Crippen LogP contribution in [0.25, 0.3) is 0 Å². The van der Waals surface area contributed by atoms with Gasteiger partial charge >= 0.3 is 5.97 Å². The lowest BCUT2D eigenvalue weighted by atomic mass is 10.1. The van der Waals surface area contributed by atoms with Crippen molar-refractivity contribution in [1.29, 1.82) is 0 Å². The summed E-state index contributed by atoms with van der Waals surface area (Å²) in [7, 11) is 4.14. The summed E-state index contributed by atoms with van der Waals surface area (Å²) in [5.74, 6) is 0.0202. The van der Waals surface area contributed by atoms with Crippen LogP contribution >= 0.6 is 27.5 Å². The number of carbonyl (C=O) groups is 2. The van der Waals surface area contributed by atoms with E-state index < -0.39 is 18.0 Å². The van der Waals surface area contributed by atoms with Crippen molar-refractivity contribution in [2.75, 3.05) is 26.6 Å². The number of halogens is 2. The largest absolute Gasteiger partial charge is 0.493 e. The van der Waals surface area contributed by atoms with E-state index in [1.165, 1.54) is 33.5 Å². The number of amides is 1. The summed E-state index contributed by atoms with van der Waals surface area (Å²) < 4.78 is 21.5. The molecule has 7 nitrogen and oxygen atoms in total. The van der Waals surface area contributed by atoms with E-state index in [-0.39, 0.29) is 11.3 Å². The molecule has 0 aromatic heterocycles. The normalized spacial score (nSPS) is 11.4. The molecule has 0 saturated carbocycles. The molecule has 0 fully saturated rings. The van der Waals surface area contributed by atoms with Gasteiger partial charge in [0.05, 0.1) is 37.1 Å². The van der Waals surface area contributed by atoms with Gasteiger partial charge in [-0.15, -0.1) is 0 Å². The van der Waals surface area contributed by atoms with Gasteiger partial charge in [-0.1, -0.05) is 11.6 Å². The van der Waals surface area contributed by atoms with Crippen molar-refractivity contribution in [3.8, 4) is 17.2 Å². The zero-order valence-electron chi connectivity index (χ0n) is 15.7. The third kappa shape index (κ3) is 5.08. The first kappa shape index (κ1) is 21.8. The molecule has 0 radical (unpaired) electrons. The van der Waals surface area contributed by atoms with Crippen LogP contribution in [-0.2, 0) is 9.53 Å². The quantitative estimate of drug-likeness (QED) is 0.605. The number of benzene rings is 2. The molecule has 2 aromatic rings. The molecular formula is C19H19BrClNO6. The summed E-state index contributed by atoms with van der Waals surface area (Å²) in [5.41, 5.74) is 0.327. The van der Waals surface area contributed by atoms with Crippen molar-refractivity contribution in [2.45, 2.75) is 13.0 Å². The lowest BCUT2D eigenvalue weighted by Crippen LogP contribution is -2.31. The van der Waals surface area contributed by atoms with Crippen LogP contribution in [0.15, 0.2) is 34.8 Å². The molecule has 0 aliphatic rings. The van der Waals surface area contributed by atoms with Gasteiger partial charge in [0.1, 0.15) is 5.75 Å². The van der Waals surface area contributed by atoms with Gasteiger partial charge in [0.15, 0.2) is 17.6 Å². The second-order valence-corrected chi connectivity index (χ2v) is 6.86. The Hall–Kier alpha value is -2.45. The van der Waals surface area contributed by atoms with Crippen molar-refractivity contribution in [1.82, 2.24) is 0 Å². The predicted molar refractivity (Wildman–Crippen MR) is 109 cm³/mol. The fraction of sp³-hybridized carbons (Fsp3) is 0.263. The molecule has 1 N–H and O–H groups in total. The highest BCUT2D eigenvalue weighted by Crippen LogP contribution is 2.34. The van der Waals surface area contributed by atoms with Crippen LogP contribution in [0.2, 0.25) is 5.02 Å². The van der Waals surface area contributed by atoms with Gasteiger partial charge in [-0.2, -0.15) is 0 Å². The molecule has 9 heteroatoms. The van der Waals surface area contributed by atoms with Crippen molar-refractivity contribution in [3.63, 3.8) is 0 Å². The van der Waals surface area contributed by atoms with Crippen molar-refractivity contribution < 1.29 is 28.5 Å². The summed E-state index contributed by atoms with van der Waals surface area (Å²) in [6, 6.07) is 7.86. The SMILES string of the molecule is COC(=O)c1cc(OC)c(OC)cc1NC(=O)C(C)Oc1ccc(Cl)cc1Br. The standard InChI is InChI=1S/C19H19BrClNO6/c1-10(28-15-6-5-11(21)7-13(15)20)18(23)22-14-9-17(26-3)16(25-2)8-12(14)19(24)27-4/h5-10H,1-4H3,(H,22,23). The number of ether oxygens (including phenoxy) is 4. The zero-order valence-corrected chi connectivity index (χ0v) is 18.0. The molecule has 0 aliphatic heterocycles. The van der Waals surface area contributed by atoms with Gasteiger partial charge in [-0.25, -0.2) is 4.79 Å². The topological polar surface area (TPSA) is 83.1 Å². The Morgan fingerprint density at radius 2 is 1.68 bits per heavy atom. The highest BCUT2D eigenvalue weighted by molar-refractivity contribution is 9.10. The summed E-state index contributed by atoms with van der Waals surface area (Å²) in [6.45, 7) is 1.58. The Balaban J connectivity index is 2.27. The molecule has 28 heavy (non-hydrogen) atoms. The Morgan fingerprint density at radius 1 is 1.04 bits per heavy atom. The van der Waals surface area contributed by atoms with Crippen molar-refractivity contribution in [2.24, 2.45) is 0 Å². The zero-order chi connectivity index (χ0) is 20.8. The number of hydrogen-bond acceptors (Lipinski definition) is 6. The van der Waals surface area contributed by atoms with E-state index >= 15 is 0 Å². The molecule has 0 heterocycles. The molecule has 150 valence electrons. The fourth-order valence-corrected chi connectivity index (χ4v) is 3.09. The second-order valence-electron chi connectivity index (χ2n) is 5.57. The Kier molecular flexibility index (Phi) is 7.53. The Morgan fingerprint density at radius 3 is 2.25 bits per heavy atom. The predicted octanol–water partition coefficient (Wildman–Crippen LogP) is 4.31. The third-order valence-corrected chi connectivity index (χ3v) is 4.61. The van der Waals surface area contributed by atoms with Crippen LogP contribution in [0.3, 0.4) is 0 Å². The van der Waals surface area contributed by atoms with E-state index in [2.05, 4.69) is 21.2 Å². The molecule has 0 saturated heterocycles. The van der Waals surface area contributed by atoms with Crippen LogP contribution in [0.5, 0.6) is 17.2 Å². The first-order valence-corrected chi connectivity index (χ1v) is 9.24. The molecule has 1 amide bonds. The Labute approximate surface area is 176 Å². The first-order chi connectivity index (χ1) is 13.3. The number of methoxy groups -OCH3 is 3. The molecule has 0 spiro atoms. The smallest absolute Gasteiger partial charge is 0.340 e. The van der Waals surface area contributed by atoms with Gasteiger partial charge in [0.25, 0.3) is 5.91 Å². The summed E-state index contributed by atoms with van der Waals surface area (Å²) in [4.78, 5) is 24.7. The minimum atomic E-state index is -0.865. The van der Waals surface area contributed by atoms with Crippen LogP contribution in [0.1, 0.15) is 17.3 Å². The van der Waals surface area contributed by atoms with E-state index in [4.69, 9.17) is 30.5 Å². The van der Waals surface area contributed by atoms with Gasteiger partial charge in [-0.05, 0) is 41.1 Å². The molecule has 0 aliphatic carbocycles. The van der Waals surface area contributed by atoms with Crippen LogP contribution in [-0.4, -0.2) is 39.3 Å². The minimum absolute atomic E-state index is 0.119. The lowest BCUT2D eigenvalue weighted by Gasteiger charge is -2.18. The molecule has 1 unspecified atom stereocenters. The average Bonchev–Trinajstić information content (AvgIpc) is 2.68. The van der Waals surface area contributed by atoms with Crippen molar-refractivity contribution in [3.05, 3.63) is 45.4 Å². The van der Waals surface area contributed by atoms with Gasteiger partial charge in [0.2, 0.25) is 0 Å². The monoisotopic (exact) mass is 471 g/mol. The first-order valence-electron chi connectivity index (χ1n) is 8.07. The molecule has 0 bridgehead atoms. The number of anilines is 1. The maximum atomic E-state index is 12.6. The second kappa shape index (κ2) is 9.66. The maximum Gasteiger partial charge on any atom is 0.340 e. The van der Waals surface area contributed by atoms with E-state index in [0.717, 1.165) is 0 Å². The average molecular weight is 473 g/mol. The van der Waals surface area contributed by atoms with E-state index in [1.807, 2.05) is 0 Å². The van der Waals surface area contributed by atoms with Gasteiger partial charge < -0.3 is 24.3 Å². The number of nitrogens with one attached hydrogen (secondary N) is 1. The highest BCUT2D eigenvalue weighted by Gasteiger charge is 2.22. The molecular weight excluding hydrogens is 454 g/mol. The molecule has 1 atom stereocenters. The van der Waals surface area contributed by atoms with E-state index in [0.29, 0.717) is 26.7 Å². The lowest BCUT2D eigenvalue weighted by molar-refractivity contribution is -0.122. The van der Waals surface area contributed by atoms with Crippen LogP contribution < -0.4 is 19.5 Å². The number of esters is 1. The number of rotatable bonds is 7. The highest BCUT2D eigenvalue weighted by atomic mass is 79.9. The van der Waals surface area contributed by atoms with Crippen LogP contribution in [0, 0.1) is 0 Å². The maximum absolute atomic E-state index is 12.6. The van der Waals surface area contributed by atoms with E-state index in [1.54, 1.807) is 25.1 Å².